The van der Waals surface area contributed by atoms with Crippen molar-refractivity contribution in [1.29, 1.82) is 0 Å². The maximum absolute atomic E-state index is 13.4. The molecule has 6 rings (SSSR count). The van der Waals surface area contributed by atoms with Crippen molar-refractivity contribution < 1.29 is 4.39 Å². The van der Waals surface area contributed by atoms with Gasteiger partial charge in [0.1, 0.15) is 17.7 Å². The molecule has 1 aromatic carbocycles. The number of halogens is 1. The first-order chi connectivity index (χ1) is 19.1. The van der Waals surface area contributed by atoms with Gasteiger partial charge in [-0.1, -0.05) is 12.1 Å². The van der Waals surface area contributed by atoms with Gasteiger partial charge in [0.2, 0.25) is 5.95 Å². The monoisotopic (exact) mass is 540 g/mol. The number of piperazine rings is 1. The largest absolute Gasteiger partial charge is 0.351 e. The Kier molecular flexibility index (Phi) is 6.25. The minimum Gasteiger partial charge on any atom is -0.351 e. The summed E-state index contributed by atoms with van der Waals surface area (Å²) < 4.78 is 17.2. The minimum absolute atomic E-state index is 0.0847. The third kappa shape index (κ3) is 4.77. The van der Waals surface area contributed by atoms with Gasteiger partial charge >= 0.3 is 0 Å². The summed E-state index contributed by atoms with van der Waals surface area (Å²) in [5.41, 5.74) is 10.3. The standard InChI is InChI=1S/C29H33FN10/c1-28(2,3)40-18-21(14-35-40)20-13-25-26(34-19-36-39(25)17-20)37-9-11-38(12-10-37)27-32-15-23(16-33-27)29(4,31)22-5-7-24(30)8-6-22/h5-8,13-19H,9-12,31H2,1-4H3. The van der Waals surface area contributed by atoms with E-state index in [4.69, 9.17) is 5.73 Å². The highest BCUT2D eigenvalue weighted by Crippen LogP contribution is 2.29. The van der Waals surface area contributed by atoms with E-state index in [0.29, 0.717) is 5.95 Å². The smallest absolute Gasteiger partial charge is 0.225 e. The van der Waals surface area contributed by atoms with Gasteiger partial charge < -0.3 is 15.5 Å². The minimum atomic E-state index is -0.829. The molecular formula is C29H33FN10. The Balaban J connectivity index is 1.16. The van der Waals surface area contributed by atoms with E-state index in [9.17, 15) is 4.39 Å². The van der Waals surface area contributed by atoms with Gasteiger partial charge in [-0.15, -0.1) is 0 Å². The van der Waals surface area contributed by atoms with Crippen LogP contribution in [0, 0.1) is 5.82 Å². The summed E-state index contributed by atoms with van der Waals surface area (Å²) in [6.07, 6.45) is 11.1. The van der Waals surface area contributed by atoms with Crippen LogP contribution in [0.2, 0.25) is 0 Å². The molecule has 5 heterocycles. The molecule has 1 aliphatic rings. The fraction of sp³-hybridized carbons (Fsp3) is 0.345. The number of anilines is 2. The summed E-state index contributed by atoms with van der Waals surface area (Å²) in [4.78, 5) is 18.3. The van der Waals surface area contributed by atoms with Crippen LogP contribution in [0.5, 0.6) is 0 Å². The highest BCUT2D eigenvalue weighted by molar-refractivity contribution is 5.77. The molecule has 0 aliphatic carbocycles. The summed E-state index contributed by atoms with van der Waals surface area (Å²) in [5.74, 6) is 1.27. The van der Waals surface area contributed by atoms with Crippen molar-refractivity contribution in [2.24, 2.45) is 5.73 Å². The first-order valence-corrected chi connectivity index (χ1v) is 13.4. The molecule has 2 N–H and O–H groups in total. The van der Waals surface area contributed by atoms with Crippen LogP contribution in [-0.4, -0.2) is 60.5 Å². The van der Waals surface area contributed by atoms with Gasteiger partial charge in [-0.2, -0.15) is 10.2 Å². The van der Waals surface area contributed by atoms with Gasteiger partial charge in [-0.3, -0.25) is 4.68 Å². The molecule has 0 bridgehead atoms. The van der Waals surface area contributed by atoms with E-state index in [2.05, 4.69) is 68.0 Å². The van der Waals surface area contributed by atoms with Gasteiger partial charge in [0.25, 0.3) is 0 Å². The van der Waals surface area contributed by atoms with E-state index >= 15 is 0 Å². The van der Waals surface area contributed by atoms with E-state index in [-0.39, 0.29) is 11.4 Å². The normalized spacial score (nSPS) is 15.9. The van der Waals surface area contributed by atoms with Crippen LogP contribution in [0.4, 0.5) is 16.2 Å². The maximum Gasteiger partial charge on any atom is 0.225 e. The van der Waals surface area contributed by atoms with Crippen LogP contribution in [0.1, 0.15) is 38.8 Å². The molecule has 11 heteroatoms. The molecule has 206 valence electrons. The molecule has 0 spiro atoms. The molecule has 0 amide bonds. The maximum atomic E-state index is 13.4. The van der Waals surface area contributed by atoms with E-state index in [0.717, 1.165) is 59.8 Å². The predicted molar refractivity (Wildman–Crippen MR) is 153 cm³/mol. The van der Waals surface area contributed by atoms with Gasteiger partial charge in [0, 0.05) is 67.7 Å². The van der Waals surface area contributed by atoms with Crippen LogP contribution in [0.3, 0.4) is 0 Å². The lowest BCUT2D eigenvalue weighted by atomic mass is 9.87. The summed E-state index contributed by atoms with van der Waals surface area (Å²) >= 11 is 0. The second kappa shape index (κ2) is 9.67. The molecule has 4 aromatic heterocycles. The first kappa shape index (κ1) is 25.9. The molecule has 5 aromatic rings. The molecular weight excluding hydrogens is 507 g/mol. The van der Waals surface area contributed by atoms with Crippen molar-refractivity contribution in [1.82, 2.24) is 34.3 Å². The topological polar surface area (TPSA) is 106 Å². The zero-order valence-corrected chi connectivity index (χ0v) is 23.2. The third-order valence-electron chi connectivity index (χ3n) is 7.53. The first-order valence-electron chi connectivity index (χ1n) is 13.4. The van der Waals surface area contributed by atoms with Crippen molar-refractivity contribution in [2.75, 3.05) is 36.0 Å². The highest BCUT2D eigenvalue weighted by Gasteiger charge is 2.27. The Labute approximate surface area is 232 Å². The van der Waals surface area contributed by atoms with Crippen molar-refractivity contribution in [3.05, 3.63) is 84.6 Å². The molecule has 0 radical (unpaired) electrons. The molecule has 10 nitrogen and oxygen atoms in total. The Morgan fingerprint density at radius 1 is 0.775 bits per heavy atom. The number of nitrogens with two attached hydrogens (primary N) is 1. The molecule has 1 atom stereocenters. The Morgan fingerprint density at radius 3 is 2.10 bits per heavy atom. The SMILES string of the molecule is CC(N)(c1ccc(F)cc1)c1cnc(N2CCN(c3ncnn4cc(-c5cnn(C(C)(C)C)c5)cc34)CC2)nc1. The molecule has 1 aliphatic heterocycles. The number of fused-ring (bicyclic) bond motifs is 1. The summed E-state index contributed by atoms with van der Waals surface area (Å²) in [6.45, 7) is 11.3. The van der Waals surface area contributed by atoms with Crippen LogP contribution in [0.15, 0.2) is 67.6 Å². The summed E-state index contributed by atoms with van der Waals surface area (Å²) in [7, 11) is 0. The molecule has 1 fully saturated rings. The highest BCUT2D eigenvalue weighted by atomic mass is 19.1. The average Bonchev–Trinajstić information content (AvgIpc) is 3.61. The van der Waals surface area contributed by atoms with Crippen LogP contribution >= 0.6 is 0 Å². The molecule has 1 unspecified atom stereocenters. The van der Waals surface area contributed by atoms with Crippen molar-refractivity contribution >= 4 is 17.3 Å². The Hall–Kier alpha value is -4.38. The summed E-state index contributed by atoms with van der Waals surface area (Å²) in [5, 5.41) is 8.99. The van der Waals surface area contributed by atoms with E-state index < -0.39 is 5.54 Å². The third-order valence-corrected chi connectivity index (χ3v) is 7.53. The Morgan fingerprint density at radius 2 is 1.45 bits per heavy atom. The molecule has 0 saturated carbocycles. The van der Waals surface area contributed by atoms with E-state index in [1.165, 1.54) is 12.1 Å². The predicted octanol–water partition coefficient (Wildman–Crippen LogP) is 3.83. The number of nitrogens with zero attached hydrogens (tertiary/aromatic N) is 9. The lowest BCUT2D eigenvalue weighted by molar-refractivity contribution is 0.355. The van der Waals surface area contributed by atoms with Crippen LogP contribution in [0.25, 0.3) is 16.6 Å². The van der Waals surface area contributed by atoms with Crippen molar-refractivity contribution in [3.63, 3.8) is 0 Å². The zero-order chi connectivity index (χ0) is 28.1. The average molecular weight is 541 g/mol. The number of benzene rings is 1. The number of hydrogen-bond acceptors (Lipinski definition) is 8. The van der Waals surface area contributed by atoms with Gasteiger partial charge in [-0.25, -0.2) is 23.9 Å². The van der Waals surface area contributed by atoms with Gasteiger partial charge in [0.15, 0.2) is 5.82 Å². The van der Waals surface area contributed by atoms with Crippen LogP contribution < -0.4 is 15.5 Å². The van der Waals surface area contributed by atoms with Crippen LogP contribution in [-0.2, 0) is 11.1 Å². The lowest BCUT2D eigenvalue weighted by Gasteiger charge is -2.35. The quantitative estimate of drug-likeness (QED) is 0.359. The van der Waals surface area contributed by atoms with Gasteiger partial charge in [0.05, 0.1) is 17.3 Å². The van der Waals surface area contributed by atoms with Crippen molar-refractivity contribution in [3.8, 4) is 11.1 Å². The fourth-order valence-electron chi connectivity index (χ4n) is 4.99. The molecule has 1 saturated heterocycles. The zero-order valence-electron chi connectivity index (χ0n) is 23.2. The molecule has 40 heavy (non-hydrogen) atoms. The van der Waals surface area contributed by atoms with Gasteiger partial charge in [-0.05, 0) is 51.5 Å². The number of rotatable bonds is 5. The fourth-order valence-corrected chi connectivity index (χ4v) is 4.99. The second-order valence-electron chi connectivity index (χ2n) is 11.4. The number of aromatic nitrogens is 7. The van der Waals surface area contributed by atoms with E-state index in [1.54, 1.807) is 30.9 Å². The Bertz CT molecular complexity index is 1620. The van der Waals surface area contributed by atoms with Crippen molar-refractivity contribution in [2.45, 2.75) is 38.8 Å². The van der Waals surface area contributed by atoms with E-state index in [1.807, 2.05) is 28.5 Å². The second-order valence-corrected chi connectivity index (χ2v) is 11.4. The summed E-state index contributed by atoms with van der Waals surface area (Å²) in [6, 6.07) is 8.34. The lowest BCUT2D eigenvalue weighted by Crippen LogP contribution is -2.47. The number of hydrogen-bond donors (Lipinski definition) is 1.